The van der Waals surface area contributed by atoms with Gasteiger partial charge in [-0.3, -0.25) is 0 Å². The number of aliphatic imine (C=N–C) groups is 1. The molecule has 0 fully saturated rings. The fourth-order valence-electron chi connectivity index (χ4n) is 3.09. The van der Waals surface area contributed by atoms with Crippen LogP contribution in [0.15, 0.2) is 89.6 Å². The third-order valence-electron chi connectivity index (χ3n) is 4.89. The van der Waals surface area contributed by atoms with Gasteiger partial charge in [0.05, 0.1) is 12.2 Å². The van der Waals surface area contributed by atoms with Crippen LogP contribution in [0.3, 0.4) is 0 Å². The van der Waals surface area contributed by atoms with E-state index in [9.17, 15) is 9.59 Å². The Morgan fingerprint density at radius 2 is 1.64 bits per heavy atom. The van der Waals surface area contributed by atoms with Crippen molar-refractivity contribution in [2.45, 2.75) is 19.8 Å². The van der Waals surface area contributed by atoms with Crippen LogP contribution in [-0.2, 0) is 9.53 Å². The molecular weight excluding hydrogens is 418 g/mol. The van der Waals surface area contributed by atoms with Crippen LogP contribution in [0.4, 0.5) is 0 Å². The maximum Gasteiger partial charge on any atom is 0.363 e. The van der Waals surface area contributed by atoms with Gasteiger partial charge < -0.3 is 14.2 Å². The molecule has 6 heteroatoms. The van der Waals surface area contributed by atoms with Gasteiger partial charge in [-0.1, -0.05) is 43.7 Å². The van der Waals surface area contributed by atoms with Gasteiger partial charge in [-0.05, 0) is 66.6 Å². The van der Waals surface area contributed by atoms with Gasteiger partial charge in [0, 0.05) is 5.56 Å². The highest BCUT2D eigenvalue weighted by molar-refractivity contribution is 6.12. The van der Waals surface area contributed by atoms with Crippen molar-refractivity contribution in [1.82, 2.24) is 0 Å². The molecule has 0 unspecified atom stereocenters. The summed E-state index contributed by atoms with van der Waals surface area (Å²) in [7, 11) is 0. The van der Waals surface area contributed by atoms with Crippen molar-refractivity contribution in [3.05, 3.63) is 101 Å². The highest BCUT2D eigenvalue weighted by atomic mass is 16.6. The van der Waals surface area contributed by atoms with Crippen LogP contribution >= 0.6 is 0 Å². The number of carbonyl (C=O) groups excluding carboxylic acids is 2. The van der Waals surface area contributed by atoms with Crippen molar-refractivity contribution in [2.24, 2.45) is 4.99 Å². The monoisotopic (exact) mass is 441 g/mol. The first kappa shape index (κ1) is 22.0. The summed E-state index contributed by atoms with van der Waals surface area (Å²) >= 11 is 0. The molecule has 6 nitrogen and oxygen atoms in total. The van der Waals surface area contributed by atoms with Gasteiger partial charge in [-0.2, -0.15) is 0 Å². The number of hydrogen-bond acceptors (Lipinski definition) is 6. The van der Waals surface area contributed by atoms with Crippen molar-refractivity contribution >= 4 is 23.9 Å². The van der Waals surface area contributed by atoms with Crippen LogP contribution in [0, 0.1) is 0 Å². The van der Waals surface area contributed by atoms with E-state index >= 15 is 0 Å². The number of hydrogen-bond donors (Lipinski definition) is 0. The molecule has 0 N–H and O–H groups in total. The van der Waals surface area contributed by atoms with Crippen molar-refractivity contribution in [2.75, 3.05) is 6.61 Å². The summed E-state index contributed by atoms with van der Waals surface area (Å²) < 4.78 is 16.4. The van der Waals surface area contributed by atoms with Gasteiger partial charge in [0.25, 0.3) is 0 Å². The van der Waals surface area contributed by atoms with Gasteiger partial charge in [0.15, 0.2) is 5.70 Å². The molecule has 166 valence electrons. The molecule has 0 saturated heterocycles. The second-order valence-corrected chi connectivity index (χ2v) is 7.39. The minimum Gasteiger partial charge on any atom is -0.494 e. The number of esters is 2. The average Bonchev–Trinajstić information content (AvgIpc) is 3.21. The zero-order valence-corrected chi connectivity index (χ0v) is 18.2. The van der Waals surface area contributed by atoms with E-state index in [1.807, 2.05) is 30.3 Å². The lowest BCUT2D eigenvalue weighted by molar-refractivity contribution is -0.129. The summed E-state index contributed by atoms with van der Waals surface area (Å²) in [6.45, 7) is 2.78. The Kier molecular flexibility index (Phi) is 6.95. The van der Waals surface area contributed by atoms with E-state index in [0.29, 0.717) is 23.5 Å². The highest BCUT2D eigenvalue weighted by Crippen LogP contribution is 2.22. The standard InChI is InChI=1S/C27H23NO5/c1-2-3-17-31-22-15-11-20(12-16-22)25-28-24(27(30)33-25)18-19-9-13-23(14-10-19)32-26(29)21-7-5-4-6-8-21/h4-16,18H,2-3,17H2,1H3/b24-18-. The van der Waals surface area contributed by atoms with Crippen molar-refractivity contribution in [3.8, 4) is 11.5 Å². The number of benzene rings is 3. The van der Waals surface area contributed by atoms with Gasteiger partial charge in [-0.15, -0.1) is 0 Å². The van der Waals surface area contributed by atoms with Crippen LogP contribution in [0.1, 0.15) is 41.3 Å². The number of unbranched alkanes of at least 4 members (excludes halogenated alkanes) is 1. The lowest BCUT2D eigenvalue weighted by Gasteiger charge is -2.05. The first-order chi connectivity index (χ1) is 16.1. The molecule has 3 aromatic carbocycles. The molecule has 0 radical (unpaired) electrons. The molecule has 33 heavy (non-hydrogen) atoms. The molecule has 0 spiro atoms. The summed E-state index contributed by atoms with van der Waals surface area (Å²) in [6, 6.07) is 22.9. The smallest absolute Gasteiger partial charge is 0.363 e. The number of ether oxygens (including phenoxy) is 3. The van der Waals surface area contributed by atoms with E-state index in [1.165, 1.54) is 0 Å². The second-order valence-electron chi connectivity index (χ2n) is 7.39. The molecule has 4 rings (SSSR count). The molecule has 3 aromatic rings. The van der Waals surface area contributed by atoms with E-state index < -0.39 is 11.9 Å². The Hall–Kier alpha value is -4.19. The number of carbonyl (C=O) groups is 2. The third kappa shape index (κ3) is 5.74. The summed E-state index contributed by atoms with van der Waals surface area (Å²) in [6.07, 6.45) is 3.69. The predicted molar refractivity (Wildman–Crippen MR) is 125 cm³/mol. The highest BCUT2D eigenvalue weighted by Gasteiger charge is 2.24. The van der Waals surface area contributed by atoms with Crippen molar-refractivity contribution in [1.29, 1.82) is 0 Å². The lowest BCUT2D eigenvalue weighted by Crippen LogP contribution is -2.07. The molecule has 1 aliphatic rings. The van der Waals surface area contributed by atoms with Crippen LogP contribution < -0.4 is 9.47 Å². The number of nitrogens with zero attached hydrogens (tertiary/aromatic N) is 1. The Balaban J connectivity index is 1.42. The fraction of sp³-hybridized carbons (Fsp3) is 0.148. The van der Waals surface area contributed by atoms with Gasteiger partial charge >= 0.3 is 11.9 Å². The Morgan fingerprint density at radius 3 is 2.33 bits per heavy atom. The summed E-state index contributed by atoms with van der Waals surface area (Å²) in [5.41, 5.74) is 2.09. The second kappa shape index (κ2) is 10.4. The summed E-state index contributed by atoms with van der Waals surface area (Å²) in [5.74, 6) is 0.469. The SMILES string of the molecule is CCCCOc1ccc(C2=N/C(=C\c3ccc(OC(=O)c4ccccc4)cc3)C(=O)O2)cc1. The first-order valence-corrected chi connectivity index (χ1v) is 10.8. The summed E-state index contributed by atoms with van der Waals surface area (Å²) in [5, 5.41) is 0. The number of cyclic esters (lactones) is 1. The molecule has 0 saturated carbocycles. The Morgan fingerprint density at radius 1 is 0.939 bits per heavy atom. The quantitative estimate of drug-likeness (QED) is 0.202. The van der Waals surface area contributed by atoms with Crippen LogP contribution in [0.2, 0.25) is 0 Å². The maximum atomic E-state index is 12.3. The van der Waals surface area contributed by atoms with Crippen LogP contribution in [0.5, 0.6) is 11.5 Å². The van der Waals surface area contributed by atoms with E-state index in [-0.39, 0.29) is 11.6 Å². The minimum atomic E-state index is -0.521. The molecule has 0 bridgehead atoms. The zero-order valence-electron chi connectivity index (χ0n) is 18.2. The topological polar surface area (TPSA) is 74.2 Å². The average molecular weight is 441 g/mol. The maximum absolute atomic E-state index is 12.3. The molecule has 0 atom stereocenters. The van der Waals surface area contributed by atoms with E-state index in [2.05, 4.69) is 11.9 Å². The van der Waals surface area contributed by atoms with E-state index in [0.717, 1.165) is 24.2 Å². The molecule has 0 aliphatic carbocycles. The fourth-order valence-corrected chi connectivity index (χ4v) is 3.09. The molecule has 1 heterocycles. The first-order valence-electron chi connectivity index (χ1n) is 10.8. The summed E-state index contributed by atoms with van der Waals surface area (Å²) in [4.78, 5) is 28.8. The van der Waals surface area contributed by atoms with E-state index in [4.69, 9.17) is 14.2 Å². The zero-order chi connectivity index (χ0) is 23.0. The van der Waals surface area contributed by atoms with Gasteiger partial charge in [-0.25, -0.2) is 14.6 Å². The van der Waals surface area contributed by atoms with Crippen molar-refractivity contribution < 1.29 is 23.8 Å². The largest absolute Gasteiger partial charge is 0.494 e. The Labute approximate surface area is 192 Å². The normalized spacial score (nSPS) is 14.0. The molecule has 0 amide bonds. The van der Waals surface area contributed by atoms with Gasteiger partial charge in [0.1, 0.15) is 11.5 Å². The minimum absolute atomic E-state index is 0.197. The lowest BCUT2D eigenvalue weighted by atomic mass is 10.2. The van der Waals surface area contributed by atoms with E-state index in [1.54, 1.807) is 54.6 Å². The number of rotatable bonds is 8. The molecule has 0 aromatic heterocycles. The van der Waals surface area contributed by atoms with Crippen molar-refractivity contribution in [3.63, 3.8) is 0 Å². The molecular formula is C27H23NO5. The predicted octanol–water partition coefficient (Wildman–Crippen LogP) is 5.43. The van der Waals surface area contributed by atoms with Crippen LogP contribution in [0.25, 0.3) is 6.08 Å². The Bertz CT molecular complexity index is 1180. The third-order valence-corrected chi connectivity index (χ3v) is 4.89. The molecule has 1 aliphatic heterocycles. The van der Waals surface area contributed by atoms with Gasteiger partial charge in [0.2, 0.25) is 5.90 Å². The van der Waals surface area contributed by atoms with Crippen LogP contribution in [-0.4, -0.2) is 24.4 Å².